The van der Waals surface area contributed by atoms with Crippen LogP contribution in [0.3, 0.4) is 0 Å². The first-order valence-electron chi connectivity index (χ1n) is 16.3. The molecule has 0 radical (unpaired) electrons. The van der Waals surface area contributed by atoms with Crippen molar-refractivity contribution in [3.63, 3.8) is 0 Å². The zero-order valence-corrected chi connectivity index (χ0v) is 27.4. The van der Waals surface area contributed by atoms with Crippen LogP contribution in [0.15, 0.2) is 42.7 Å². The summed E-state index contributed by atoms with van der Waals surface area (Å²) in [6, 6.07) is 12.3. The third kappa shape index (κ3) is 4.83. The highest BCUT2D eigenvalue weighted by Gasteiger charge is 2.51. The molecule has 1 spiro atoms. The average Bonchev–Trinajstić information content (AvgIpc) is 3.54. The number of benzene rings is 1. The van der Waals surface area contributed by atoms with Crippen molar-refractivity contribution in [3.8, 4) is 6.07 Å². The number of rotatable bonds is 5. The van der Waals surface area contributed by atoms with Gasteiger partial charge in [0.1, 0.15) is 10.6 Å². The van der Waals surface area contributed by atoms with E-state index in [-0.39, 0.29) is 17.7 Å². The maximum Gasteiger partial charge on any atom is 0.183 e. The van der Waals surface area contributed by atoms with Gasteiger partial charge >= 0.3 is 0 Å². The number of nitriles is 1. The lowest BCUT2D eigenvalue weighted by Gasteiger charge is -2.44. The largest absolute Gasteiger partial charge is 0.598 e. The molecule has 1 unspecified atom stereocenters. The molecule has 46 heavy (non-hydrogen) atoms. The van der Waals surface area contributed by atoms with E-state index in [9.17, 15) is 9.81 Å². The van der Waals surface area contributed by atoms with Gasteiger partial charge in [0.05, 0.1) is 41.9 Å². The van der Waals surface area contributed by atoms with Gasteiger partial charge in [-0.2, -0.15) is 5.26 Å². The van der Waals surface area contributed by atoms with Crippen molar-refractivity contribution in [1.29, 1.82) is 5.26 Å². The van der Waals surface area contributed by atoms with E-state index in [2.05, 4.69) is 37.7 Å². The van der Waals surface area contributed by atoms with Crippen LogP contribution in [-0.4, -0.2) is 60.3 Å². The van der Waals surface area contributed by atoms with E-state index < -0.39 is 16.1 Å². The van der Waals surface area contributed by atoms with Crippen LogP contribution in [0.4, 0.5) is 17.3 Å². The van der Waals surface area contributed by atoms with Gasteiger partial charge in [0.15, 0.2) is 23.2 Å². The first-order chi connectivity index (χ1) is 22.3. The molecular weight excluding hydrogens is 599 g/mol. The summed E-state index contributed by atoms with van der Waals surface area (Å²) < 4.78 is 24.3. The van der Waals surface area contributed by atoms with E-state index in [4.69, 9.17) is 19.8 Å². The van der Waals surface area contributed by atoms with Gasteiger partial charge in [-0.15, -0.1) is 9.82 Å². The Hall–Kier alpha value is -3.76. The predicted octanol–water partition coefficient (Wildman–Crippen LogP) is 5.03. The topological polar surface area (TPSA) is 131 Å². The fraction of sp³-hybridized carbons (Fsp3) is 0.500. The first-order valence-corrected chi connectivity index (χ1v) is 17.4. The number of piperidine rings is 1. The molecule has 1 aromatic carbocycles. The van der Waals surface area contributed by atoms with Crippen molar-refractivity contribution in [1.82, 2.24) is 29.5 Å². The minimum absolute atomic E-state index is 0.144. The summed E-state index contributed by atoms with van der Waals surface area (Å²) in [4.78, 5) is 19.3. The second-order valence-electron chi connectivity index (χ2n) is 14.0. The monoisotopic (exact) mass is 637 g/mol. The van der Waals surface area contributed by atoms with E-state index in [1.54, 1.807) is 0 Å². The molecule has 0 amide bonds. The number of ether oxygens (including phenoxy) is 1. The molecule has 0 bridgehead atoms. The van der Waals surface area contributed by atoms with Crippen molar-refractivity contribution in [2.45, 2.75) is 76.3 Å². The third-order valence-electron chi connectivity index (χ3n) is 10.2. The molecule has 8 rings (SSSR count). The van der Waals surface area contributed by atoms with Crippen LogP contribution in [0.25, 0.3) is 11.2 Å². The molecule has 238 valence electrons. The Kier molecular flexibility index (Phi) is 7.21. The maximum absolute atomic E-state index is 13.4. The van der Waals surface area contributed by atoms with Gasteiger partial charge in [-0.05, 0) is 82.2 Å². The molecular formula is C34H39N9O2S. The molecule has 12 heteroatoms. The summed E-state index contributed by atoms with van der Waals surface area (Å²) in [6.45, 7) is 9.07. The Labute approximate surface area is 272 Å². The molecule has 2 saturated heterocycles. The molecule has 1 aliphatic carbocycles. The molecule has 3 aliphatic heterocycles. The highest BCUT2D eigenvalue weighted by Crippen LogP contribution is 2.54. The van der Waals surface area contributed by atoms with E-state index >= 15 is 0 Å². The molecule has 2 fully saturated rings. The highest BCUT2D eigenvalue weighted by molar-refractivity contribution is 7.90. The van der Waals surface area contributed by atoms with Gasteiger partial charge in [-0.3, -0.25) is 4.98 Å². The molecule has 4 aliphatic rings. The van der Waals surface area contributed by atoms with Gasteiger partial charge in [-0.1, -0.05) is 12.1 Å². The van der Waals surface area contributed by atoms with E-state index in [0.717, 1.165) is 97.9 Å². The Morgan fingerprint density at radius 3 is 2.70 bits per heavy atom. The second-order valence-corrected chi connectivity index (χ2v) is 16.0. The normalized spacial score (nSPS) is 22.8. The lowest BCUT2D eigenvalue weighted by molar-refractivity contribution is -0.104. The van der Waals surface area contributed by atoms with Crippen molar-refractivity contribution >= 4 is 39.8 Å². The fourth-order valence-corrected chi connectivity index (χ4v) is 8.49. The van der Waals surface area contributed by atoms with Crippen molar-refractivity contribution in [2.75, 3.05) is 36.0 Å². The summed E-state index contributed by atoms with van der Waals surface area (Å²) in [5, 5.41) is 15.1. The lowest BCUT2D eigenvalue weighted by atomic mass is 9.73. The van der Waals surface area contributed by atoms with Crippen LogP contribution in [0.2, 0.25) is 0 Å². The van der Waals surface area contributed by atoms with Crippen LogP contribution in [0.1, 0.15) is 81.1 Å². The summed E-state index contributed by atoms with van der Waals surface area (Å²) in [7, 11) is 0. The SMILES string of the molecule is CC(C)(C)[S@@+]([O-])N[C@@H]1c2c(C#N)cccc2CC12CCN(c1cnc3c(N4CCCc5ncccc54)nn(C4CCO4)c3n1)CC2. The van der Waals surface area contributed by atoms with E-state index in [1.807, 2.05) is 56.0 Å². The Balaban J connectivity index is 1.10. The van der Waals surface area contributed by atoms with Gasteiger partial charge in [0.2, 0.25) is 0 Å². The van der Waals surface area contributed by atoms with Crippen LogP contribution in [-0.2, 0) is 28.9 Å². The van der Waals surface area contributed by atoms with E-state index in [0.29, 0.717) is 12.2 Å². The molecule has 3 atom stereocenters. The molecule has 1 N–H and O–H groups in total. The van der Waals surface area contributed by atoms with E-state index in [1.165, 1.54) is 5.56 Å². The number of hydrogen-bond donors (Lipinski definition) is 1. The first kappa shape index (κ1) is 29.6. The summed E-state index contributed by atoms with van der Waals surface area (Å²) >= 11 is -1.27. The Bertz CT molecular complexity index is 1830. The predicted molar refractivity (Wildman–Crippen MR) is 177 cm³/mol. The number of nitrogens with one attached hydrogen (secondary N) is 1. The quantitative estimate of drug-likeness (QED) is 0.297. The van der Waals surface area contributed by atoms with Crippen LogP contribution < -0.4 is 14.5 Å². The molecule has 4 aromatic rings. The van der Waals surface area contributed by atoms with Gasteiger partial charge in [0.25, 0.3) is 0 Å². The standard InChI is InChI=1S/C34H39N9O2S/c1-33(2,3)46(44)40-30-28-22(7-4-8-23(28)20-35)19-34(30)12-16-41(17-13-34)26-21-37-29-31(38-26)43(27-11-18-45-27)39-32(29)42-15-6-9-24-25(42)10-5-14-36-24/h4-5,7-8,10,14,21,27,30,40H,6,9,11-13,15-19H2,1-3H3/t27?,30-,46-/m1/s1. The highest BCUT2D eigenvalue weighted by atomic mass is 32.2. The minimum Gasteiger partial charge on any atom is -0.598 e. The Morgan fingerprint density at radius 2 is 1.96 bits per heavy atom. The van der Waals surface area contributed by atoms with Crippen molar-refractivity contribution in [3.05, 3.63) is 65.1 Å². The van der Waals surface area contributed by atoms with Crippen molar-refractivity contribution < 1.29 is 9.29 Å². The van der Waals surface area contributed by atoms with Gasteiger partial charge in [0, 0.05) is 49.0 Å². The van der Waals surface area contributed by atoms with Crippen LogP contribution in [0.5, 0.6) is 0 Å². The molecule has 3 aromatic heterocycles. The molecule has 11 nitrogen and oxygen atoms in total. The number of nitrogens with zero attached hydrogens (tertiary/aromatic N) is 8. The number of anilines is 3. The number of aryl methyl sites for hydroxylation is 1. The third-order valence-corrected chi connectivity index (χ3v) is 11.7. The summed E-state index contributed by atoms with van der Waals surface area (Å²) in [6.07, 6.45) is 9.03. The number of aromatic nitrogens is 5. The second kappa shape index (κ2) is 11.2. The minimum atomic E-state index is -1.27. The number of fused-ring (bicyclic) bond motifs is 3. The average molecular weight is 638 g/mol. The molecule has 6 heterocycles. The Morgan fingerprint density at radius 1 is 1.13 bits per heavy atom. The fourth-order valence-electron chi connectivity index (χ4n) is 7.56. The van der Waals surface area contributed by atoms with Crippen LogP contribution in [0, 0.1) is 16.7 Å². The molecule has 0 saturated carbocycles. The number of hydrogen-bond acceptors (Lipinski definition) is 10. The smallest absolute Gasteiger partial charge is 0.183 e. The zero-order chi connectivity index (χ0) is 31.6. The van der Waals surface area contributed by atoms with Gasteiger partial charge in [-0.25, -0.2) is 14.6 Å². The lowest BCUT2D eigenvalue weighted by Crippen LogP contribution is -2.50. The van der Waals surface area contributed by atoms with Crippen LogP contribution >= 0.6 is 0 Å². The maximum atomic E-state index is 13.4. The summed E-state index contributed by atoms with van der Waals surface area (Å²) in [5.74, 6) is 1.62. The summed E-state index contributed by atoms with van der Waals surface area (Å²) in [5.41, 5.74) is 6.40. The number of pyridine rings is 1. The van der Waals surface area contributed by atoms with Crippen molar-refractivity contribution in [2.24, 2.45) is 5.41 Å². The zero-order valence-electron chi connectivity index (χ0n) is 26.6. The van der Waals surface area contributed by atoms with Gasteiger partial charge < -0.3 is 19.1 Å².